The highest BCUT2D eigenvalue weighted by Gasteiger charge is 2.31. The standard InChI is InChI=1S/C15H20N4O/c1-10-9-14(19(17-10)11(2)12-6-7-12)16-15(20)13-5-4-8-18(13)3/h4-5,8-9,11-12H,6-7H2,1-3H3,(H,16,20). The molecule has 1 amide bonds. The van der Waals surface area contributed by atoms with Crippen molar-refractivity contribution in [1.82, 2.24) is 14.3 Å². The molecule has 0 aliphatic heterocycles. The van der Waals surface area contributed by atoms with Gasteiger partial charge in [0.05, 0.1) is 11.7 Å². The highest BCUT2D eigenvalue weighted by Crippen LogP contribution is 2.40. The minimum atomic E-state index is -0.0957. The molecule has 1 unspecified atom stereocenters. The summed E-state index contributed by atoms with van der Waals surface area (Å²) in [7, 11) is 1.87. The Balaban J connectivity index is 1.83. The van der Waals surface area contributed by atoms with E-state index >= 15 is 0 Å². The Morgan fingerprint density at radius 1 is 1.50 bits per heavy atom. The zero-order valence-electron chi connectivity index (χ0n) is 12.1. The highest BCUT2D eigenvalue weighted by atomic mass is 16.2. The number of aromatic nitrogens is 3. The van der Waals surface area contributed by atoms with E-state index in [0.29, 0.717) is 17.7 Å². The molecule has 3 rings (SSSR count). The van der Waals surface area contributed by atoms with Crippen LogP contribution in [0.5, 0.6) is 0 Å². The molecule has 1 fully saturated rings. The van der Waals surface area contributed by atoms with E-state index in [9.17, 15) is 4.79 Å². The molecule has 1 atom stereocenters. The molecule has 1 saturated carbocycles. The Morgan fingerprint density at radius 2 is 2.25 bits per heavy atom. The normalized spacial score (nSPS) is 16.1. The second-order valence-corrected chi connectivity index (χ2v) is 5.65. The molecule has 0 saturated heterocycles. The number of carbonyl (C=O) groups is 1. The van der Waals surface area contributed by atoms with Crippen LogP contribution < -0.4 is 5.32 Å². The predicted molar refractivity (Wildman–Crippen MR) is 77.8 cm³/mol. The lowest BCUT2D eigenvalue weighted by Crippen LogP contribution is -2.20. The fourth-order valence-corrected chi connectivity index (χ4v) is 2.58. The molecule has 5 heteroatoms. The summed E-state index contributed by atoms with van der Waals surface area (Å²) in [5.74, 6) is 1.38. The molecule has 2 aromatic rings. The molecule has 2 heterocycles. The molecule has 1 aliphatic carbocycles. The van der Waals surface area contributed by atoms with Gasteiger partial charge in [0.1, 0.15) is 11.5 Å². The lowest BCUT2D eigenvalue weighted by atomic mass is 10.2. The van der Waals surface area contributed by atoms with Gasteiger partial charge in [-0.05, 0) is 44.7 Å². The fraction of sp³-hybridized carbons (Fsp3) is 0.467. The van der Waals surface area contributed by atoms with Crippen LogP contribution in [0.2, 0.25) is 0 Å². The van der Waals surface area contributed by atoms with E-state index in [4.69, 9.17) is 0 Å². The zero-order chi connectivity index (χ0) is 14.3. The summed E-state index contributed by atoms with van der Waals surface area (Å²) in [6, 6.07) is 5.95. The maximum Gasteiger partial charge on any atom is 0.273 e. The second kappa shape index (κ2) is 4.81. The number of anilines is 1. The summed E-state index contributed by atoms with van der Waals surface area (Å²) in [5.41, 5.74) is 1.58. The van der Waals surface area contributed by atoms with Crippen molar-refractivity contribution in [1.29, 1.82) is 0 Å². The zero-order valence-corrected chi connectivity index (χ0v) is 12.1. The van der Waals surface area contributed by atoms with Gasteiger partial charge >= 0.3 is 0 Å². The summed E-state index contributed by atoms with van der Waals surface area (Å²) < 4.78 is 3.76. The van der Waals surface area contributed by atoms with Gasteiger partial charge in [0, 0.05) is 19.3 Å². The van der Waals surface area contributed by atoms with Gasteiger partial charge in [0.15, 0.2) is 0 Å². The number of hydrogen-bond acceptors (Lipinski definition) is 2. The van der Waals surface area contributed by atoms with Crippen molar-refractivity contribution in [2.45, 2.75) is 32.7 Å². The van der Waals surface area contributed by atoms with Crippen LogP contribution in [0.3, 0.4) is 0 Å². The smallest absolute Gasteiger partial charge is 0.273 e. The molecular weight excluding hydrogens is 252 g/mol. The summed E-state index contributed by atoms with van der Waals surface area (Å²) >= 11 is 0. The van der Waals surface area contributed by atoms with E-state index in [1.165, 1.54) is 12.8 Å². The Bertz CT molecular complexity index is 636. The molecule has 0 spiro atoms. The van der Waals surface area contributed by atoms with Crippen molar-refractivity contribution >= 4 is 11.7 Å². The van der Waals surface area contributed by atoms with Crippen molar-refractivity contribution in [3.05, 3.63) is 35.8 Å². The number of hydrogen-bond donors (Lipinski definition) is 1. The van der Waals surface area contributed by atoms with Crippen LogP contribution in [-0.2, 0) is 7.05 Å². The van der Waals surface area contributed by atoms with Crippen LogP contribution in [-0.4, -0.2) is 20.3 Å². The molecule has 106 valence electrons. The number of carbonyl (C=O) groups excluding carboxylic acids is 1. The maximum atomic E-state index is 12.3. The predicted octanol–water partition coefficient (Wildman–Crippen LogP) is 2.75. The largest absolute Gasteiger partial charge is 0.347 e. The number of aryl methyl sites for hydroxylation is 2. The van der Waals surface area contributed by atoms with Gasteiger partial charge in [-0.1, -0.05) is 0 Å². The summed E-state index contributed by atoms with van der Waals surface area (Å²) in [5, 5.41) is 7.50. The summed E-state index contributed by atoms with van der Waals surface area (Å²) in [6.45, 7) is 4.12. The Hall–Kier alpha value is -2.04. The van der Waals surface area contributed by atoms with E-state index in [-0.39, 0.29) is 5.91 Å². The van der Waals surface area contributed by atoms with Gasteiger partial charge in [-0.2, -0.15) is 5.10 Å². The van der Waals surface area contributed by atoms with Crippen molar-refractivity contribution < 1.29 is 4.79 Å². The van der Waals surface area contributed by atoms with Crippen LogP contribution in [0.1, 0.15) is 42.0 Å². The molecule has 0 bridgehead atoms. The minimum Gasteiger partial charge on any atom is -0.347 e. The Morgan fingerprint density at radius 3 is 2.85 bits per heavy atom. The first kappa shape index (κ1) is 13.0. The second-order valence-electron chi connectivity index (χ2n) is 5.65. The van der Waals surface area contributed by atoms with E-state index < -0.39 is 0 Å². The summed E-state index contributed by atoms with van der Waals surface area (Å²) in [4.78, 5) is 12.3. The van der Waals surface area contributed by atoms with E-state index in [1.54, 1.807) is 0 Å². The van der Waals surface area contributed by atoms with Gasteiger partial charge in [0.2, 0.25) is 0 Å². The first-order valence-corrected chi connectivity index (χ1v) is 7.05. The first-order valence-electron chi connectivity index (χ1n) is 7.05. The molecule has 1 aliphatic rings. The van der Waals surface area contributed by atoms with Crippen LogP contribution in [0.25, 0.3) is 0 Å². The van der Waals surface area contributed by atoms with E-state index in [0.717, 1.165) is 11.5 Å². The van der Waals surface area contributed by atoms with Crippen LogP contribution in [0.15, 0.2) is 24.4 Å². The van der Waals surface area contributed by atoms with E-state index in [1.807, 2.05) is 47.6 Å². The summed E-state index contributed by atoms with van der Waals surface area (Å²) in [6.07, 6.45) is 4.38. The third-order valence-electron chi connectivity index (χ3n) is 3.97. The van der Waals surface area contributed by atoms with Gasteiger partial charge in [0.25, 0.3) is 5.91 Å². The van der Waals surface area contributed by atoms with Crippen LogP contribution in [0, 0.1) is 12.8 Å². The third kappa shape index (κ3) is 2.35. The molecule has 0 radical (unpaired) electrons. The van der Waals surface area contributed by atoms with Crippen molar-refractivity contribution in [3.8, 4) is 0 Å². The minimum absolute atomic E-state index is 0.0957. The van der Waals surface area contributed by atoms with Crippen molar-refractivity contribution in [2.75, 3.05) is 5.32 Å². The molecule has 5 nitrogen and oxygen atoms in total. The fourth-order valence-electron chi connectivity index (χ4n) is 2.58. The third-order valence-corrected chi connectivity index (χ3v) is 3.97. The topological polar surface area (TPSA) is 51.9 Å². The average molecular weight is 272 g/mol. The molecule has 0 aromatic carbocycles. The van der Waals surface area contributed by atoms with Gasteiger partial charge in [-0.25, -0.2) is 4.68 Å². The van der Waals surface area contributed by atoms with Gasteiger partial charge in [-0.15, -0.1) is 0 Å². The van der Waals surface area contributed by atoms with Crippen molar-refractivity contribution in [3.63, 3.8) is 0 Å². The number of rotatable bonds is 4. The van der Waals surface area contributed by atoms with Gasteiger partial charge < -0.3 is 9.88 Å². The number of nitrogens with one attached hydrogen (secondary N) is 1. The Labute approximate surface area is 118 Å². The molecule has 1 N–H and O–H groups in total. The lowest BCUT2D eigenvalue weighted by molar-refractivity contribution is 0.101. The highest BCUT2D eigenvalue weighted by molar-refractivity contribution is 6.02. The molecule has 20 heavy (non-hydrogen) atoms. The first-order chi connectivity index (χ1) is 9.56. The SMILES string of the molecule is Cc1cc(NC(=O)c2cccn2C)n(C(C)C2CC2)n1. The van der Waals surface area contributed by atoms with Crippen LogP contribution in [0.4, 0.5) is 5.82 Å². The molecular formula is C15H20N4O. The Kier molecular flexibility index (Phi) is 3.12. The maximum absolute atomic E-state index is 12.3. The molecule has 2 aromatic heterocycles. The number of nitrogens with zero attached hydrogens (tertiary/aromatic N) is 3. The quantitative estimate of drug-likeness (QED) is 0.930. The van der Waals surface area contributed by atoms with Gasteiger partial charge in [-0.3, -0.25) is 4.79 Å². The monoisotopic (exact) mass is 272 g/mol. The number of amides is 1. The van der Waals surface area contributed by atoms with Crippen molar-refractivity contribution in [2.24, 2.45) is 13.0 Å². The lowest BCUT2D eigenvalue weighted by Gasteiger charge is -2.15. The van der Waals surface area contributed by atoms with Crippen LogP contribution >= 0.6 is 0 Å². The van der Waals surface area contributed by atoms with E-state index in [2.05, 4.69) is 17.3 Å². The average Bonchev–Trinajstić information content (AvgIpc) is 3.07.